The lowest BCUT2D eigenvalue weighted by Gasteiger charge is -2.38. The Bertz CT molecular complexity index is 936. The molecule has 2 amide bonds. The monoisotopic (exact) mass is 439 g/mol. The molecule has 0 unspecified atom stereocenters. The Kier molecular flexibility index (Phi) is 6.79. The summed E-state index contributed by atoms with van der Waals surface area (Å²) in [5.74, 6) is 0.916. The van der Waals surface area contributed by atoms with Crippen molar-refractivity contribution >= 4 is 11.8 Å². The maximum absolute atomic E-state index is 13.0. The number of hydrogen-bond acceptors (Lipinski definition) is 5. The van der Waals surface area contributed by atoms with Gasteiger partial charge in [-0.25, -0.2) is 0 Å². The van der Waals surface area contributed by atoms with Crippen LogP contribution in [0.5, 0.6) is 5.75 Å². The van der Waals surface area contributed by atoms with Gasteiger partial charge in [0.1, 0.15) is 11.9 Å². The fourth-order valence-corrected chi connectivity index (χ4v) is 4.97. The predicted molar refractivity (Wildman–Crippen MR) is 122 cm³/mol. The van der Waals surface area contributed by atoms with Crippen LogP contribution in [0.25, 0.3) is 0 Å². The highest BCUT2D eigenvalue weighted by atomic mass is 16.5. The number of rotatable bonds is 6. The van der Waals surface area contributed by atoms with Gasteiger partial charge in [0.25, 0.3) is 5.91 Å². The Morgan fingerprint density at radius 3 is 2.53 bits per heavy atom. The summed E-state index contributed by atoms with van der Waals surface area (Å²) < 4.78 is 8.02. The maximum Gasteiger partial charge on any atom is 0.257 e. The number of aromatic nitrogens is 2. The molecule has 1 N–H and O–H groups in total. The molecule has 4 rings (SSSR count). The van der Waals surface area contributed by atoms with E-state index in [1.54, 1.807) is 13.2 Å². The highest BCUT2D eigenvalue weighted by Gasteiger charge is 2.42. The normalized spacial score (nSPS) is 22.2. The van der Waals surface area contributed by atoms with Crippen LogP contribution in [0.15, 0.2) is 36.5 Å². The van der Waals surface area contributed by atoms with Gasteiger partial charge < -0.3 is 15.0 Å². The number of likely N-dealkylation sites (N-methyl/N-ethyl adjacent to an activating group) is 1. The lowest BCUT2D eigenvalue weighted by Crippen LogP contribution is -2.51. The van der Waals surface area contributed by atoms with E-state index < -0.39 is 0 Å². The van der Waals surface area contributed by atoms with Crippen molar-refractivity contribution in [2.45, 2.75) is 57.8 Å². The molecule has 0 saturated carbocycles. The zero-order valence-electron chi connectivity index (χ0n) is 19.2. The standard InChI is InChI=1S/C24H33N5O3/c1-4-29-17(2)21(15-26-29)24(31)27-12-10-18(11-13-27)28-16-20(14-22(28)23(30)25-3)32-19-8-6-5-7-9-19/h5-9,15,18,20,22H,4,10-14,16H2,1-3H3,(H,25,30)/t20-,22-/m0/s1. The molecule has 3 heterocycles. The van der Waals surface area contributed by atoms with E-state index in [0.29, 0.717) is 31.6 Å². The number of ether oxygens (including phenoxy) is 1. The molecule has 0 radical (unpaired) electrons. The van der Waals surface area contributed by atoms with E-state index in [9.17, 15) is 9.59 Å². The third-order valence-electron chi connectivity index (χ3n) is 6.75. The molecular weight excluding hydrogens is 406 g/mol. The molecule has 32 heavy (non-hydrogen) atoms. The van der Waals surface area contributed by atoms with Gasteiger partial charge in [0.2, 0.25) is 5.91 Å². The number of aryl methyl sites for hydroxylation is 1. The van der Waals surface area contributed by atoms with Gasteiger partial charge in [-0.1, -0.05) is 18.2 Å². The van der Waals surface area contributed by atoms with Crippen LogP contribution in [0.1, 0.15) is 42.2 Å². The summed E-state index contributed by atoms with van der Waals surface area (Å²) in [6.07, 6.45) is 4.02. The van der Waals surface area contributed by atoms with Crippen molar-refractivity contribution in [3.8, 4) is 5.75 Å². The minimum Gasteiger partial charge on any atom is -0.489 e. The Morgan fingerprint density at radius 1 is 1.19 bits per heavy atom. The van der Waals surface area contributed by atoms with Crippen molar-refractivity contribution in [3.05, 3.63) is 47.8 Å². The third kappa shape index (κ3) is 4.50. The second-order valence-corrected chi connectivity index (χ2v) is 8.60. The number of para-hydroxylation sites is 1. The van der Waals surface area contributed by atoms with Crippen LogP contribution < -0.4 is 10.1 Å². The minimum absolute atomic E-state index is 0.0260. The first kappa shape index (κ1) is 22.3. The Labute approximate surface area is 189 Å². The van der Waals surface area contributed by atoms with E-state index in [1.807, 2.05) is 53.8 Å². The van der Waals surface area contributed by atoms with Crippen molar-refractivity contribution in [2.75, 3.05) is 26.7 Å². The predicted octanol–water partition coefficient (Wildman–Crippen LogP) is 2.08. The SMILES string of the molecule is CCn1ncc(C(=O)N2CCC(N3C[C@@H](Oc4ccccc4)C[C@H]3C(=O)NC)CC2)c1C. The second kappa shape index (κ2) is 9.73. The minimum atomic E-state index is -0.203. The Morgan fingerprint density at radius 2 is 1.91 bits per heavy atom. The zero-order valence-corrected chi connectivity index (χ0v) is 19.2. The molecule has 1 aromatic carbocycles. The van der Waals surface area contributed by atoms with Crippen LogP contribution in [0.3, 0.4) is 0 Å². The summed E-state index contributed by atoms with van der Waals surface area (Å²) in [6.45, 7) is 6.80. The van der Waals surface area contributed by atoms with Gasteiger partial charge in [0.15, 0.2) is 0 Å². The van der Waals surface area contributed by atoms with E-state index in [0.717, 1.165) is 30.8 Å². The van der Waals surface area contributed by atoms with Crippen LogP contribution in [-0.4, -0.2) is 76.3 Å². The Hall–Kier alpha value is -2.87. The number of benzene rings is 1. The van der Waals surface area contributed by atoms with Gasteiger partial charge in [-0.2, -0.15) is 5.10 Å². The first-order valence-corrected chi connectivity index (χ1v) is 11.5. The van der Waals surface area contributed by atoms with E-state index in [1.165, 1.54) is 0 Å². The summed E-state index contributed by atoms with van der Waals surface area (Å²) in [5, 5.41) is 7.13. The van der Waals surface area contributed by atoms with E-state index in [4.69, 9.17) is 4.74 Å². The summed E-state index contributed by atoms with van der Waals surface area (Å²) in [5.41, 5.74) is 1.60. The second-order valence-electron chi connectivity index (χ2n) is 8.60. The molecule has 1 aromatic heterocycles. The number of amides is 2. The summed E-state index contributed by atoms with van der Waals surface area (Å²) in [4.78, 5) is 29.8. The first-order valence-electron chi connectivity index (χ1n) is 11.5. The van der Waals surface area contributed by atoms with Crippen LogP contribution >= 0.6 is 0 Å². The lowest BCUT2D eigenvalue weighted by atomic mass is 10.0. The van der Waals surface area contributed by atoms with E-state index in [-0.39, 0.29) is 30.0 Å². The largest absolute Gasteiger partial charge is 0.489 e. The van der Waals surface area contributed by atoms with Crippen molar-refractivity contribution in [1.29, 1.82) is 0 Å². The fourth-order valence-electron chi connectivity index (χ4n) is 4.97. The van der Waals surface area contributed by atoms with Gasteiger partial charge in [0.05, 0.1) is 17.8 Å². The number of carbonyl (C=O) groups excluding carboxylic acids is 2. The van der Waals surface area contributed by atoms with Gasteiger partial charge in [-0.15, -0.1) is 0 Å². The smallest absolute Gasteiger partial charge is 0.257 e. The molecule has 2 saturated heterocycles. The van der Waals surface area contributed by atoms with Crippen LogP contribution in [0.4, 0.5) is 0 Å². The molecule has 2 atom stereocenters. The number of likely N-dealkylation sites (tertiary alicyclic amines) is 2. The van der Waals surface area contributed by atoms with Gasteiger partial charge in [-0.3, -0.25) is 19.2 Å². The molecule has 0 aliphatic carbocycles. The van der Waals surface area contributed by atoms with Crippen LogP contribution in [0.2, 0.25) is 0 Å². The van der Waals surface area contributed by atoms with E-state index >= 15 is 0 Å². The molecule has 172 valence electrons. The highest BCUT2D eigenvalue weighted by Crippen LogP contribution is 2.29. The van der Waals surface area contributed by atoms with Gasteiger partial charge in [-0.05, 0) is 38.8 Å². The zero-order chi connectivity index (χ0) is 22.7. The molecule has 0 bridgehead atoms. The maximum atomic E-state index is 13.0. The summed E-state index contributed by atoms with van der Waals surface area (Å²) in [7, 11) is 1.69. The average molecular weight is 440 g/mol. The quantitative estimate of drug-likeness (QED) is 0.746. The number of hydrogen-bond donors (Lipinski definition) is 1. The highest BCUT2D eigenvalue weighted by molar-refractivity contribution is 5.95. The molecule has 8 heteroatoms. The van der Waals surface area contributed by atoms with Gasteiger partial charge in [0, 0.05) is 51.4 Å². The molecular formula is C24H33N5O3. The molecule has 2 fully saturated rings. The molecule has 8 nitrogen and oxygen atoms in total. The number of carbonyl (C=O) groups is 2. The Balaban J connectivity index is 1.40. The van der Waals surface area contributed by atoms with Crippen LogP contribution in [-0.2, 0) is 11.3 Å². The number of nitrogens with one attached hydrogen (secondary N) is 1. The summed E-state index contributed by atoms with van der Waals surface area (Å²) >= 11 is 0. The topological polar surface area (TPSA) is 79.7 Å². The third-order valence-corrected chi connectivity index (χ3v) is 6.75. The molecule has 2 aliphatic rings. The number of piperidine rings is 1. The average Bonchev–Trinajstić information content (AvgIpc) is 3.42. The lowest BCUT2D eigenvalue weighted by molar-refractivity contribution is -0.126. The van der Waals surface area contributed by atoms with Crippen molar-refractivity contribution in [3.63, 3.8) is 0 Å². The van der Waals surface area contributed by atoms with Crippen molar-refractivity contribution < 1.29 is 14.3 Å². The molecule has 0 spiro atoms. The van der Waals surface area contributed by atoms with Crippen molar-refractivity contribution in [1.82, 2.24) is 24.9 Å². The first-order chi connectivity index (χ1) is 15.5. The molecule has 2 aromatic rings. The number of nitrogens with zero attached hydrogens (tertiary/aromatic N) is 4. The van der Waals surface area contributed by atoms with Gasteiger partial charge >= 0.3 is 0 Å². The molecule has 2 aliphatic heterocycles. The fraction of sp³-hybridized carbons (Fsp3) is 0.542. The van der Waals surface area contributed by atoms with Crippen LogP contribution in [0, 0.1) is 6.92 Å². The van der Waals surface area contributed by atoms with E-state index in [2.05, 4.69) is 15.3 Å². The van der Waals surface area contributed by atoms with Crippen molar-refractivity contribution in [2.24, 2.45) is 0 Å². The summed E-state index contributed by atoms with van der Waals surface area (Å²) in [6, 6.07) is 9.82.